The van der Waals surface area contributed by atoms with Crippen molar-refractivity contribution >= 4 is 19.4 Å². The molecule has 1 aromatic heterocycles. The summed E-state index contributed by atoms with van der Waals surface area (Å²) in [6, 6.07) is 2.65. The Hall–Kier alpha value is -1.47. The number of halogens is 2. The van der Waals surface area contributed by atoms with Gasteiger partial charge in [-0.2, -0.15) is 0 Å². The normalized spacial score (nSPS) is 24.3. The van der Waals surface area contributed by atoms with Crippen LogP contribution in [0.15, 0.2) is 18.5 Å². The zero-order valence-corrected chi connectivity index (χ0v) is 17.3. The molecule has 4 nitrogen and oxygen atoms in total. The maximum Gasteiger partial charge on any atom is 0.266 e. The molecule has 144 valence electrons. The predicted octanol–water partition coefficient (Wildman–Crippen LogP) is 5.79. The van der Waals surface area contributed by atoms with Crippen LogP contribution in [0.5, 0.6) is 5.75 Å². The summed E-state index contributed by atoms with van der Waals surface area (Å²) in [5.74, 6) is -0.183. The van der Waals surface area contributed by atoms with Crippen LogP contribution in [0.4, 0.5) is 8.78 Å². The molecule has 1 aromatic carbocycles. The summed E-state index contributed by atoms with van der Waals surface area (Å²) in [5, 5.41) is 9.80. The highest BCUT2D eigenvalue weighted by Gasteiger charge is 2.49. The van der Waals surface area contributed by atoms with Gasteiger partial charge in [0.05, 0.1) is 23.0 Å². The summed E-state index contributed by atoms with van der Waals surface area (Å²) >= 11 is 0. The molecule has 3 rings (SSSR count). The lowest BCUT2D eigenvalue weighted by atomic mass is 9.77. The van der Waals surface area contributed by atoms with Crippen LogP contribution in [0, 0.1) is 0 Å². The Morgan fingerprint density at radius 1 is 1.31 bits per heavy atom. The predicted molar refractivity (Wildman–Crippen MR) is 101 cm³/mol. The standard InChI is InChI=1S/C19H28F2N2O2Si/c1-18(2,3)26(5,6)25-19(4)9-12(10-19)23-11-22-15-8-13(24)7-14(16(15)23)17(20)21/h7-8,11-12,17,24H,9-10H2,1-6H3. The van der Waals surface area contributed by atoms with Gasteiger partial charge in [-0.3, -0.25) is 0 Å². The molecular weight excluding hydrogens is 354 g/mol. The summed E-state index contributed by atoms with van der Waals surface area (Å²) < 4.78 is 35.3. The number of aromatic nitrogens is 2. The van der Waals surface area contributed by atoms with Crippen LogP contribution in [0.2, 0.25) is 18.1 Å². The summed E-state index contributed by atoms with van der Waals surface area (Å²) in [6.07, 6.45) is 0.491. The molecule has 7 heteroatoms. The SMILES string of the molecule is CC1(O[Si](C)(C)C(C)(C)C)CC(n2cnc3cc(O)cc(C(F)F)c32)C1. The van der Waals surface area contributed by atoms with E-state index in [2.05, 4.69) is 45.8 Å². The topological polar surface area (TPSA) is 47.3 Å². The number of phenols is 1. The van der Waals surface area contributed by atoms with Crippen LogP contribution in [-0.4, -0.2) is 28.6 Å². The highest BCUT2D eigenvalue weighted by Crippen LogP contribution is 2.50. The maximum atomic E-state index is 13.5. The zero-order chi connectivity index (χ0) is 19.5. The van der Waals surface area contributed by atoms with Gasteiger partial charge < -0.3 is 14.1 Å². The molecule has 2 aromatic rings. The van der Waals surface area contributed by atoms with Crippen molar-refractivity contribution < 1.29 is 18.3 Å². The first kappa shape index (κ1) is 19.3. The molecular formula is C19H28F2N2O2Si. The van der Waals surface area contributed by atoms with Crippen molar-refractivity contribution in [2.24, 2.45) is 0 Å². The molecule has 0 amide bonds. The van der Waals surface area contributed by atoms with Gasteiger partial charge in [0, 0.05) is 17.7 Å². The molecule has 0 atom stereocenters. The van der Waals surface area contributed by atoms with E-state index in [4.69, 9.17) is 4.43 Å². The van der Waals surface area contributed by atoms with Gasteiger partial charge in [0.15, 0.2) is 8.32 Å². The Morgan fingerprint density at radius 2 is 1.92 bits per heavy atom. The molecule has 0 bridgehead atoms. The van der Waals surface area contributed by atoms with Gasteiger partial charge >= 0.3 is 0 Å². The lowest BCUT2D eigenvalue weighted by molar-refractivity contribution is -0.0378. The minimum Gasteiger partial charge on any atom is -0.508 e. The molecule has 0 aliphatic heterocycles. The van der Waals surface area contributed by atoms with Crippen molar-refractivity contribution in [1.82, 2.24) is 9.55 Å². The number of alkyl halides is 2. The number of hydrogen-bond donors (Lipinski definition) is 1. The van der Waals surface area contributed by atoms with Crippen molar-refractivity contribution in [2.45, 2.75) is 76.7 Å². The molecule has 1 fully saturated rings. The Balaban J connectivity index is 1.86. The Morgan fingerprint density at radius 3 is 2.46 bits per heavy atom. The van der Waals surface area contributed by atoms with Crippen LogP contribution >= 0.6 is 0 Å². The van der Waals surface area contributed by atoms with E-state index in [1.54, 1.807) is 6.33 Å². The van der Waals surface area contributed by atoms with Gasteiger partial charge in [0.25, 0.3) is 6.43 Å². The van der Waals surface area contributed by atoms with Gasteiger partial charge in [-0.15, -0.1) is 0 Å². The smallest absolute Gasteiger partial charge is 0.266 e. The van der Waals surface area contributed by atoms with Crippen LogP contribution in [-0.2, 0) is 4.43 Å². The van der Waals surface area contributed by atoms with Crippen LogP contribution in [0.1, 0.15) is 58.6 Å². The minimum absolute atomic E-state index is 0.0804. The number of aromatic hydroxyl groups is 1. The van der Waals surface area contributed by atoms with Gasteiger partial charge in [0.2, 0.25) is 0 Å². The van der Waals surface area contributed by atoms with E-state index in [0.29, 0.717) is 11.0 Å². The third kappa shape index (κ3) is 3.27. The second-order valence-corrected chi connectivity index (χ2v) is 14.0. The molecule has 1 N–H and O–H groups in total. The third-order valence-corrected chi connectivity index (χ3v) is 10.6. The van der Waals surface area contributed by atoms with Gasteiger partial charge in [-0.1, -0.05) is 20.8 Å². The molecule has 0 spiro atoms. The summed E-state index contributed by atoms with van der Waals surface area (Å²) in [7, 11) is -1.89. The second kappa shape index (κ2) is 6.02. The largest absolute Gasteiger partial charge is 0.508 e. The lowest BCUT2D eigenvalue weighted by Crippen LogP contribution is -2.54. The van der Waals surface area contributed by atoms with Crippen molar-refractivity contribution in [3.8, 4) is 5.75 Å². The summed E-state index contributed by atoms with van der Waals surface area (Å²) in [4.78, 5) is 4.22. The average Bonchev–Trinajstić information content (AvgIpc) is 2.84. The number of hydrogen-bond acceptors (Lipinski definition) is 3. The molecule has 0 radical (unpaired) electrons. The fraction of sp³-hybridized carbons (Fsp3) is 0.632. The lowest BCUT2D eigenvalue weighted by Gasteiger charge is -2.52. The van der Waals surface area contributed by atoms with Gasteiger partial charge in [0.1, 0.15) is 5.75 Å². The second-order valence-electron chi connectivity index (χ2n) is 9.23. The molecule has 26 heavy (non-hydrogen) atoms. The first-order valence-electron chi connectivity index (χ1n) is 9.01. The Labute approximate surface area is 154 Å². The van der Waals surface area contributed by atoms with E-state index in [1.807, 2.05) is 4.57 Å². The van der Waals surface area contributed by atoms with Crippen LogP contribution < -0.4 is 0 Å². The highest BCUT2D eigenvalue weighted by atomic mass is 28.4. The van der Waals surface area contributed by atoms with E-state index in [0.717, 1.165) is 18.9 Å². The van der Waals surface area contributed by atoms with E-state index < -0.39 is 14.7 Å². The van der Waals surface area contributed by atoms with Crippen molar-refractivity contribution in [2.75, 3.05) is 0 Å². The van der Waals surface area contributed by atoms with Crippen molar-refractivity contribution in [3.05, 3.63) is 24.0 Å². The van der Waals surface area contributed by atoms with Crippen LogP contribution in [0.25, 0.3) is 11.0 Å². The number of rotatable bonds is 4. The number of phenolic OH excluding ortho intramolecular Hbond substituents is 1. The number of nitrogens with zero attached hydrogens (tertiary/aromatic N) is 2. The first-order valence-corrected chi connectivity index (χ1v) is 11.9. The molecule has 0 saturated heterocycles. The first-order chi connectivity index (χ1) is 11.8. The van der Waals surface area contributed by atoms with Crippen molar-refractivity contribution in [1.29, 1.82) is 0 Å². The van der Waals surface area contributed by atoms with E-state index in [-0.39, 0.29) is 28.0 Å². The van der Waals surface area contributed by atoms with E-state index >= 15 is 0 Å². The summed E-state index contributed by atoms with van der Waals surface area (Å²) in [6.45, 7) is 13.2. The maximum absolute atomic E-state index is 13.5. The zero-order valence-electron chi connectivity index (χ0n) is 16.3. The molecule has 0 unspecified atom stereocenters. The highest BCUT2D eigenvalue weighted by molar-refractivity contribution is 6.74. The quantitative estimate of drug-likeness (QED) is 0.680. The monoisotopic (exact) mass is 382 g/mol. The summed E-state index contributed by atoms with van der Waals surface area (Å²) in [5.41, 5.74) is 0.416. The van der Waals surface area contributed by atoms with Gasteiger partial charge in [-0.05, 0) is 44.0 Å². The van der Waals surface area contributed by atoms with Gasteiger partial charge in [-0.25, -0.2) is 13.8 Å². The van der Waals surface area contributed by atoms with Crippen LogP contribution in [0.3, 0.4) is 0 Å². The third-order valence-electron chi connectivity index (χ3n) is 5.95. The average molecular weight is 383 g/mol. The van der Waals surface area contributed by atoms with Crippen molar-refractivity contribution in [3.63, 3.8) is 0 Å². The number of imidazole rings is 1. The molecule has 1 aliphatic rings. The number of benzene rings is 1. The fourth-order valence-electron chi connectivity index (χ4n) is 3.62. The minimum atomic E-state index is -2.66. The fourth-order valence-corrected chi connectivity index (χ4v) is 5.32. The van der Waals surface area contributed by atoms with E-state index in [9.17, 15) is 13.9 Å². The Bertz CT molecular complexity index is 821. The molecule has 1 aliphatic carbocycles. The Kier molecular flexibility index (Phi) is 4.47. The number of fused-ring (bicyclic) bond motifs is 1. The molecule has 1 saturated carbocycles. The molecule has 1 heterocycles. The van der Waals surface area contributed by atoms with E-state index in [1.165, 1.54) is 6.07 Å².